The van der Waals surface area contributed by atoms with Gasteiger partial charge in [0.15, 0.2) is 0 Å². The number of nitrogens with zero attached hydrogens (tertiary/aromatic N) is 4. The van der Waals surface area contributed by atoms with Crippen LogP contribution in [0.4, 0.5) is 5.82 Å². The zero-order chi connectivity index (χ0) is 18.7. The fourth-order valence-corrected chi connectivity index (χ4v) is 3.27. The van der Waals surface area contributed by atoms with Crippen LogP contribution in [0, 0.1) is 13.8 Å². The van der Waals surface area contributed by atoms with Crippen LogP contribution in [-0.2, 0) is 4.79 Å². The Bertz CT molecular complexity index is 775. The third-order valence-corrected chi connectivity index (χ3v) is 4.59. The summed E-state index contributed by atoms with van der Waals surface area (Å²) in [5, 5.41) is 9.92. The Kier molecular flexibility index (Phi) is 5.51. The number of ether oxygens (including phenoxy) is 1. The minimum absolute atomic E-state index is 0.0793. The molecule has 0 radical (unpaired) electrons. The van der Waals surface area contributed by atoms with Crippen molar-refractivity contribution in [1.29, 1.82) is 0 Å². The second kappa shape index (κ2) is 7.82. The molecule has 1 aliphatic heterocycles. The van der Waals surface area contributed by atoms with E-state index in [1.807, 2.05) is 19.9 Å². The lowest BCUT2D eigenvalue weighted by Gasteiger charge is -2.36. The first-order valence-corrected chi connectivity index (χ1v) is 8.96. The highest BCUT2D eigenvalue weighted by Crippen LogP contribution is 2.26. The quantitative estimate of drug-likeness (QED) is 0.852. The maximum absolute atomic E-state index is 11.2. The van der Waals surface area contributed by atoms with Crippen molar-refractivity contribution in [1.82, 2.24) is 25.1 Å². The third-order valence-electron chi connectivity index (χ3n) is 4.59. The highest BCUT2D eigenvalue weighted by atomic mass is 16.5. The van der Waals surface area contributed by atoms with Gasteiger partial charge in [-0.1, -0.05) is 0 Å². The Labute approximate surface area is 153 Å². The van der Waals surface area contributed by atoms with Crippen molar-refractivity contribution in [2.24, 2.45) is 0 Å². The van der Waals surface area contributed by atoms with E-state index in [9.17, 15) is 4.79 Å². The molecular weight excluding hydrogens is 332 g/mol. The molecule has 0 aliphatic carbocycles. The number of H-pyrrole nitrogens is 1. The van der Waals surface area contributed by atoms with Gasteiger partial charge in [0.1, 0.15) is 11.9 Å². The van der Waals surface area contributed by atoms with E-state index in [4.69, 9.17) is 4.74 Å². The Morgan fingerprint density at radius 2 is 2.27 bits per heavy atom. The van der Waals surface area contributed by atoms with E-state index in [-0.39, 0.29) is 18.1 Å². The van der Waals surface area contributed by atoms with Crippen LogP contribution in [0.15, 0.2) is 12.3 Å². The lowest BCUT2D eigenvalue weighted by atomic mass is 10.0. The van der Waals surface area contributed by atoms with Crippen LogP contribution >= 0.6 is 0 Å². The van der Waals surface area contributed by atoms with Crippen LogP contribution < -0.4 is 10.1 Å². The normalized spacial score (nSPS) is 19.2. The molecule has 140 valence electrons. The number of piperidine rings is 1. The zero-order valence-electron chi connectivity index (χ0n) is 15.7. The molecule has 0 spiro atoms. The van der Waals surface area contributed by atoms with Gasteiger partial charge in [0.05, 0.1) is 29.3 Å². The van der Waals surface area contributed by atoms with E-state index in [2.05, 4.69) is 37.3 Å². The van der Waals surface area contributed by atoms with Crippen molar-refractivity contribution in [3.05, 3.63) is 29.3 Å². The number of hydrogen-bond acceptors (Lipinski definition) is 6. The summed E-state index contributed by atoms with van der Waals surface area (Å²) in [7, 11) is 0. The van der Waals surface area contributed by atoms with Crippen molar-refractivity contribution < 1.29 is 9.53 Å². The van der Waals surface area contributed by atoms with Crippen LogP contribution in [0.3, 0.4) is 0 Å². The molecule has 1 aliphatic rings. The van der Waals surface area contributed by atoms with Gasteiger partial charge in [-0.3, -0.25) is 19.8 Å². The van der Waals surface area contributed by atoms with Gasteiger partial charge in [-0.2, -0.15) is 5.10 Å². The summed E-state index contributed by atoms with van der Waals surface area (Å²) >= 11 is 0. The number of aromatic nitrogens is 4. The van der Waals surface area contributed by atoms with E-state index in [1.54, 1.807) is 6.20 Å². The number of amides is 1. The molecule has 2 unspecified atom stereocenters. The summed E-state index contributed by atoms with van der Waals surface area (Å²) in [6, 6.07) is 2.01. The number of aromatic amines is 1. The molecule has 2 aromatic rings. The summed E-state index contributed by atoms with van der Waals surface area (Å²) < 4.78 is 6.11. The van der Waals surface area contributed by atoms with Gasteiger partial charge in [-0.25, -0.2) is 4.98 Å². The molecule has 0 saturated carbocycles. The summed E-state index contributed by atoms with van der Waals surface area (Å²) in [5.74, 6) is 1.12. The molecule has 1 fully saturated rings. The van der Waals surface area contributed by atoms with Gasteiger partial charge >= 0.3 is 0 Å². The molecule has 8 heteroatoms. The second-order valence-electron chi connectivity index (χ2n) is 6.84. The summed E-state index contributed by atoms with van der Waals surface area (Å²) in [5.41, 5.74) is 2.62. The van der Waals surface area contributed by atoms with E-state index in [0.717, 1.165) is 43.0 Å². The minimum atomic E-state index is -0.117. The standard InChI is InChI=1S/C18H26N6O2/c1-11-9-19-18(12(2)20-11)26-15-6-5-7-24(10-15)13(3)16-8-17(23-22-16)21-14(4)25/h8-9,13,15H,5-7,10H2,1-4H3,(H2,21,22,23,25). The van der Waals surface area contributed by atoms with Crippen molar-refractivity contribution >= 4 is 11.7 Å². The molecular formula is C18H26N6O2. The number of nitrogens with one attached hydrogen (secondary N) is 2. The maximum Gasteiger partial charge on any atom is 0.235 e. The van der Waals surface area contributed by atoms with Crippen molar-refractivity contribution in [2.45, 2.75) is 52.7 Å². The number of carbonyl (C=O) groups excluding carboxylic acids is 1. The zero-order valence-corrected chi connectivity index (χ0v) is 15.7. The van der Waals surface area contributed by atoms with Gasteiger partial charge in [0.2, 0.25) is 11.8 Å². The topological polar surface area (TPSA) is 96.0 Å². The van der Waals surface area contributed by atoms with Gasteiger partial charge in [0.25, 0.3) is 0 Å². The second-order valence-corrected chi connectivity index (χ2v) is 6.84. The summed E-state index contributed by atoms with van der Waals surface area (Å²) in [4.78, 5) is 22.3. The molecule has 2 aromatic heterocycles. The highest BCUT2D eigenvalue weighted by molar-refractivity contribution is 5.87. The summed E-state index contributed by atoms with van der Waals surface area (Å²) in [6.45, 7) is 9.23. The van der Waals surface area contributed by atoms with E-state index >= 15 is 0 Å². The molecule has 0 bridgehead atoms. The number of rotatable bonds is 5. The van der Waals surface area contributed by atoms with Crippen molar-refractivity contribution in [2.75, 3.05) is 18.4 Å². The number of aryl methyl sites for hydroxylation is 2. The molecule has 3 heterocycles. The predicted octanol–water partition coefficient (Wildman–Crippen LogP) is 2.38. The monoisotopic (exact) mass is 358 g/mol. The van der Waals surface area contributed by atoms with Crippen LogP contribution in [0.2, 0.25) is 0 Å². The van der Waals surface area contributed by atoms with Crippen LogP contribution in [0.5, 0.6) is 5.88 Å². The number of carbonyl (C=O) groups is 1. The highest BCUT2D eigenvalue weighted by Gasteiger charge is 2.27. The lowest BCUT2D eigenvalue weighted by molar-refractivity contribution is -0.114. The fraction of sp³-hybridized carbons (Fsp3) is 0.556. The van der Waals surface area contributed by atoms with Crippen LogP contribution in [0.1, 0.15) is 49.8 Å². The van der Waals surface area contributed by atoms with Gasteiger partial charge in [-0.15, -0.1) is 0 Å². The predicted molar refractivity (Wildman–Crippen MR) is 98.0 cm³/mol. The molecule has 3 rings (SSSR count). The molecule has 26 heavy (non-hydrogen) atoms. The lowest BCUT2D eigenvalue weighted by Crippen LogP contribution is -2.42. The molecule has 0 aromatic carbocycles. The fourth-order valence-electron chi connectivity index (χ4n) is 3.27. The average Bonchev–Trinajstić information content (AvgIpc) is 3.05. The maximum atomic E-state index is 11.2. The van der Waals surface area contributed by atoms with Crippen LogP contribution in [0.25, 0.3) is 0 Å². The van der Waals surface area contributed by atoms with E-state index < -0.39 is 0 Å². The molecule has 1 amide bonds. The average molecular weight is 358 g/mol. The smallest absolute Gasteiger partial charge is 0.235 e. The minimum Gasteiger partial charge on any atom is -0.472 e. The Hall–Kier alpha value is -2.48. The van der Waals surface area contributed by atoms with E-state index in [0.29, 0.717) is 11.7 Å². The van der Waals surface area contributed by atoms with Crippen molar-refractivity contribution in [3.8, 4) is 5.88 Å². The summed E-state index contributed by atoms with van der Waals surface area (Å²) in [6.07, 6.45) is 3.86. The van der Waals surface area contributed by atoms with Gasteiger partial charge in [0, 0.05) is 19.5 Å². The Balaban J connectivity index is 1.64. The number of hydrogen-bond donors (Lipinski definition) is 2. The molecule has 2 atom stereocenters. The van der Waals surface area contributed by atoms with Gasteiger partial charge < -0.3 is 10.1 Å². The molecule has 2 N–H and O–H groups in total. The SMILES string of the molecule is CC(=O)Nc1cc(C(C)N2CCCC(Oc3ncc(C)nc3C)C2)n[nH]1. The van der Waals surface area contributed by atoms with Crippen LogP contribution in [-0.4, -0.2) is 50.2 Å². The van der Waals surface area contributed by atoms with Crippen molar-refractivity contribution in [3.63, 3.8) is 0 Å². The molecule has 1 saturated heterocycles. The first kappa shape index (κ1) is 18.3. The first-order valence-electron chi connectivity index (χ1n) is 8.96. The Morgan fingerprint density at radius 1 is 1.46 bits per heavy atom. The third kappa shape index (κ3) is 4.37. The Morgan fingerprint density at radius 3 is 3.00 bits per heavy atom. The van der Waals surface area contributed by atoms with E-state index in [1.165, 1.54) is 6.92 Å². The number of anilines is 1. The van der Waals surface area contributed by atoms with Gasteiger partial charge in [-0.05, 0) is 40.2 Å². The molecule has 8 nitrogen and oxygen atoms in total. The first-order chi connectivity index (χ1) is 12.4. The largest absolute Gasteiger partial charge is 0.472 e. The number of likely N-dealkylation sites (tertiary alicyclic amines) is 1.